The molecule has 0 aliphatic heterocycles. The van der Waals surface area contributed by atoms with Crippen molar-refractivity contribution in [3.63, 3.8) is 0 Å². The summed E-state index contributed by atoms with van der Waals surface area (Å²) < 4.78 is 0. The van der Waals surface area contributed by atoms with Crippen LogP contribution in [0.1, 0.15) is 41.8 Å². The molecule has 1 aromatic heterocycles. The molecule has 5 nitrogen and oxygen atoms in total. The highest BCUT2D eigenvalue weighted by Gasteiger charge is 2.24. The van der Waals surface area contributed by atoms with E-state index in [0.717, 1.165) is 12.8 Å². The van der Waals surface area contributed by atoms with Gasteiger partial charge in [-0.15, -0.1) is 11.3 Å². The third kappa shape index (κ3) is 4.82. The van der Waals surface area contributed by atoms with Gasteiger partial charge in [-0.05, 0) is 30.2 Å². The van der Waals surface area contributed by atoms with Crippen LogP contribution in [0.3, 0.4) is 0 Å². The molecule has 0 aromatic carbocycles. The Morgan fingerprint density at radius 3 is 2.71 bits per heavy atom. The van der Waals surface area contributed by atoms with Gasteiger partial charge in [0.25, 0.3) is 5.91 Å². The number of nitrogens with one attached hydrogen (secondary N) is 2. The van der Waals surface area contributed by atoms with Crippen LogP contribution < -0.4 is 16.4 Å². The highest BCUT2D eigenvalue weighted by Crippen LogP contribution is 2.26. The van der Waals surface area contributed by atoms with Crippen LogP contribution in [-0.2, 0) is 4.79 Å². The number of hydrogen-bond acceptors (Lipinski definition) is 4. The van der Waals surface area contributed by atoms with Gasteiger partial charge in [0.2, 0.25) is 5.91 Å². The standard InChI is InChI=1S/C15H23N3O2S/c16-9-12(11-5-2-1-3-6-11)18-14(19)10-17-15(20)13-7-4-8-21-13/h4,7-8,11-12H,1-3,5-6,9-10,16H2,(H,17,20)(H,18,19). The molecule has 1 atom stereocenters. The first-order valence-electron chi connectivity index (χ1n) is 7.52. The van der Waals surface area contributed by atoms with Crippen LogP contribution in [0.25, 0.3) is 0 Å². The van der Waals surface area contributed by atoms with E-state index in [0.29, 0.717) is 17.3 Å². The SMILES string of the molecule is NCC(NC(=O)CNC(=O)c1cccs1)C1CCCCC1. The lowest BCUT2D eigenvalue weighted by Crippen LogP contribution is -2.49. The van der Waals surface area contributed by atoms with Crippen molar-refractivity contribution < 1.29 is 9.59 Å². The van der Waals surface area contributed by atoms with Crippen LogP contribution in [0.2, 0.25) is 0 Å². The molecule has 1 heterocycles. The molecule has 116 valence electrons. The molecule has 1 saturated carbocycles. The van der Waals surface area contributed by atoms with Crippen LogP contribution in [-0.4, -0.2) is 30.9 Å². The topological polar surface area (TPSA) is 84.2 Å². The molecule has 1 unspecified atom stereocenters. The number of carbonyl (C=O) groups excluding carboxylic acids is 2. The van der Waals surface area contributed by atoms with Crippen molar-refractivity contribution in [2.45, 2.75) is 38.1 Å². The predicted molar refractivity (Wildman–Crippen MR) is 84.2 cm³/mol. The smallest absolute Gasteiger partial charge is 0.261 e. The molecule has 21 heavy (non-hydrogen) atoms. The molecule has 0 saturated heterocycles. The Hall–Kier alpha value is -1.40. The second kappa shape index (κ2) is 8.14. The Kier molecular flexibility index (Phi) is 6.20. The number of thiophene rings is 1. The fourth-order valence-electron chi connectivity index (χ4n) is 2.82. The lowest BCUT2D eigenvalue weighted by molar-refractivity contribution is -0.121. The van der Waals surface area contributed by atoms with Gasteiger partial charge in [0.05, 0.1) is 11.4 Å². The van der Waals surface area contributed by atoms with Gasteiger partial charge < -0.3 is 16.4 Å². The minimum atomic E-state index is -0.206. The fourth-order valence-corrected chi connectivity index (χ4v) is 3.46. The number of hydrogen-bond donors (Lipinski definition) is 3. The van der Waals surface area contributed by atoms with Gasteiger partial charge in [-0.1, -0.05) is 25.3 Å². The zero-order valence-corrected chi connectivity index (χ0v) is 13.0. The monoisotopic (exact) mass is 309 g/mol. The van der Waals surface area contributed by atoms with Crippen LogP contribution in [0.4, 0.5) is 0 Å². The Morgan fingerprint density at radius 1 is 1.33 bits per heavy atom. The lowest BCUT2D eigenvalue weighted by atomic mass is 9.84. The maximum atomic E-state index is 12.0. The van der Waals surface area contributed by atoms with Crippen LogP contribution in [0, 0.1) is 5.92 Å². The zero-order valence-electron chi connectivity index (χ0n) is 12.1. The third-order valence-corrected chi connectivity index (χ3v) is 4.84. The van der Waals surface area contributed by atoms with E-state index in [1.165, 1.54) is 30.6 Å². The fraction of sp³-hybridized carbons (Fsp3) is 0.600. The van der Waals surface area contributed by atoms with E-state index >= 15 is 0 Å². The summed E-state index contributed by atoms with van der Waals surface area (Å²) in [6, 6.07) is 3.58. The minimum Gasteiger partial charge on any atom is -0.350 e. The average Bonchev–Trinajstić information content (AvgIpc) is 3.05. The molecule has 1 aromatic rings. The van der Waals surface area contributed by atoms with Gasteiger partial charge >= 0.3 is 0 Å². The second-order valence-electron chi connectivity index (χ2n) is 5.47. The molecule has 6 heteroatoms. The quantitative estimate of drug-likeness (QED) is 0.744. The summed E-state index contributed by atoms with van der Waals surface area (Å²) in [4.78, 5) is 24.3. The largest absolute Gasteiger partial charge is 0.350 e. The summed E-state index contributed by atoms with van der Waals surface area (Å²) in [7, 11) is 0. The van der Waals surface area contributed by atoms with Crippen molar-refractivity contribution in [2.75, 3.05) is 13.1 Å². The maximum Gasteiger partial charge on any atom is 0.261 e. The highest BCUT2D eigenvalue weighted by molar-refractivity contribution is 7.12. The lowest BCUT2D eigenvalue weighted by Gasteiger charge is -2.30. The molecule has 0 bridgehead atoms. The van der Waals surface area contributed by atoms with Gasteiger partial charge in [0.15, 0.2) is 0 Å². The van der Waals surface area contributed by atoms with E-state index in [4.69, 9.17) is 5.73 Å². The predicted octanol–water partition coefficient (Wildman–Crippen LogP) is 1.50. The van der Waals surface area contributed by atoms with E-state index in [9.17, 15) is 9.59 Å². The summed E-state index contributed by atoms with van der Waals surface area (Å²) in [6.07, 6.45) is 5.96. The van der Waals surface area contributed by atoms with Crippen molar-refractivity contribution in [3.8, 4) is 0 Å². The number of rotatable bonds is 6. The Balaban J connectivity index is 1.76. The van der Waals surface area contributed by atoms with Crippen molar-refractivity contribution in [2.24, 2.45) is 11.7 Å². The van der Waals surface area contributed by atoms with Crippen LogP contribution in [0.5, 0.6) is 0 Å². The molecule has 0 spiro atoms. The molecule has 4 N–H and O–H groups in total. The van der Waals surface area contributed by atoms with Gasteiger partial charge in [-0.25, -0.2) is 0 Å². The third-order valence-electron chi connectivity index (χ3n) is 3.97. The first-order valence-corrected chi connectivity index (χ1v) is 8.40. The first-order chi connectivity index (χ1) is 10.2. The molecule has 2 rings (SSSR count). The summed E-state index contributed by atoms with van der Waals surface area (Å²) in [6.45, 7) is 0.454. The number of amides is 2. The van der Waals surface area contributed by atoms with Gasteiger partial charge in [-0.3, -0.25) is 9.59 Å². The van der Waals surface area contributed by atoms with E-state index in [1.54, 1.807) is 6.07 Å². The Morgan fingerprint density at radius 2 is 2.10 bits per heavy atom. The second-order valence-corrected chi connectivity index (χ2v) is 6.42. The average molecular weight is 309 g/mol. The molecule has 1 aliphatic rings. The minimum absolute atomic E-state index is 0.0000463. The summed E-state index contributed by atoms with van der Waals surface area (Å²) in [5, 5.41) is 7.43. The number of carbonyl (C=O) groups is 2. The van der Waals surface area contributed by atoms with Crippen molar-refractivity contribution in [3.05, 3.63) is 22.4 Å². The zero-order chi connectivity index (χ0) is 15.1. The summed E-state index contributed by atoms with van der Waals surface area (Å²) in [5.74, 6) is 0.101. The molecule has 1 fully saturated rings. The van der Waals surface area contributed by atoms with Crippen LogP contribution in [0.15, 0.2) is 17.5 Å². The van der Waals surface area contributed by atoms with Crippen molar-refractivity contribution >= 4 is 23.2 Å². The van der Waals surface area contributed by atoms with Gasteiger partial charge in [0, 0.05) is 12.6 Å². The number of nitrogens with two attached hydrogens (primary N) is 1. The molecule has 2 amide bonds. The van der Waals surface area contributed by atoms with Crippen molar-refractivity contribution in [1.29, 1.82) is 0 Å². The van der Waals surface area contributed by atoms with E-state index in [2.05, 4.69) is 10.6 Å². The Labute approximate surface area is 129 Å². The van der Waals surface area contributed by atoms with Crippen LogP contribution >= 0.6 is 11.3 Å². The maximum absolute atomic E-state index is 12.0. The Bertz CT molecular complexity index is 455. The molecule has 1 aliphatic carbocycles. The van der Waals surface area contributed by atoms with Gasteiger partial charge in [-0.2, -0.15) is 0 Å². The van der Waals surface area contributed by atoms with E-state index < -0.39 is 0 Å². The van der Waals surface area contributed by atoms with E-state index in [-0.39, 0.29) is 24.4 Å². The highest BCUT2D eigenvalue weighted by atomic mass is 32.1. The van der Waals surface area contributed by atoms with E-state index in [1.807, 2.05) is 11.4 Å². The molecular formula is C15H23N3O2S. The normalized spacial score (nSPS) is 17.2. The van der Waals surface area contributed by atoms with Crippen molar-refractivity contribution in [1.82, 2.24) is 10.6 Å². The molecule has 0 radical (unpaired) electrons. The summed E-state index contributed by atoms with van der Waals surface area (Å²) in [5.41, 5.74) is 5.78. The molecular weight excluding hydrogens is 286 g/mol. The summed E-state index contributed by atoms with van der Waals surface area (Å²) >= 11 is 1.36. The van der Waals surface area contributed by atoms with Gasteiger partial charge in [0.1, 0.15) is 0 Å². The first kappa shape index (κ1) is 16.0.